The van der Waals surface area contributed by atoms with E-state index < -0.39 is 17.7 Å². The van der Waals surface area contributed by atoms with E-state index in [-0.39, 0.29) is 18.1 Å². The van der Waals surface area contributed by atoms with E-state index in [0.717, 1.165) is 5.56 Å². The van der Waals surface area contributed by atoms with Crippen LogP contribution in [0.5, 0.6) is 5.75 Å². The van der Waals surface area contributed by atoms with Crippen LogP contribution in [0.1, 0.15) is 18.1 Å². The van der Waals surface area contributed by atoms with Crippen LogP contribution in [0.15, 0.2) is 51.7 Å². The highest BCUT2D eigenvalue weighted by Crippen LogP contribution is 2.31. The number of anilines is 1. The Morgan fingerprint density at radius 1 is 1.21 bits per heavy atom. The first-order valence-corrected chi connectivity index (χ1v) is 9.23. The first-order valence-electron chi connectivity index (χ1n) is 8.85. The van der Waals surface area contributed by atoms with Crippen molar-refractivity contribution in [1.29, 1.82) is 0 Å². The third kappa shape index (κ3) is 4.09. The van der Waals surface area contributed by atoms with Gasteiger partial charge in [-0.15, -0.1) is 0 Å². The zero-order chi connectivity index (χ0) is 20.5. The van der Waals surface area contributed by atoms with Gasteiger partial charge in [0.25, 0.3) is 0 Å². The van der Waals surface area contributed by atoms with Crippen LogP contribution in [-0.2, 0) is 27.4 Å². The molecule has 3 aromatic rings. The van der Waals surface area contributed by atoms with Gasteiger partial charge < -0.3 is 19.2 Å². The minimum absolute atomic E-state index is 0.114. The van der Waals surface area contributed by atoms with Crippen LogP contribution in [0, 0.1) is 0 Å². The van der Waals surface area contributed by atoms with E-state index in [1.807, 2.05) is 0 Å². The average molecular weight is 414 g/mol. The van der Waals surface area contributed by atoms with Crippen molar-refractivity contribution in [1.82, 2.24) is 0 Å². The van der Waals surface area contributed by atoms with Crippen LogP contribution in [0.3, 0.4) is 0 Å². The molecule has 0 bridgehead atoms. The maximum atomic E-state index is 12.4. The normalized spacial score (nSPS) is 14.9. The van der Waals surface area contributed by atoms with Gasteiger partial charge in [-0.25, -0.2) is 9.59 Å². The number of nitrogens with one attached hydrogen (secondary N) is 1. The summed E-state index contributed by atoms with van der Waals surface area (Å²) >= 11 is 5.97. The molecule has 1 aliphatic rings. The summed E-state index contributed by atoms with van der Waals surface area (Å²) in [5.41, 5.74) is 1.54. The van der Waals surface area contributed by atoms with Gasteiger partial charge >= 0.3 is 11.6 Å². The maximum Gasteiger partial charge on any atom is 0.348 e. The lowest BCUT2D eigenvalue weighted by Crippen LogP contribution is -2.27. The summed E-state index contributed by atoms with van der Waals surface area (Å²) in [5.74, 6) is -0.170. The summed E-state index contributed by atoms with van der Waals surface area (Å²) in [4.78, 5) is 35.5. The Labute approximate surface area is 170 Å². The Kier molecular flexibility index (Phi) is 4.98. The van der Waals surface area contributed by atoms with Crippen LogP contribution in [-0.4, -0.2) is 18.0 Å². The van der Waals surface area contributed by atoms with Gasteiger partial charge in [0.2, 0.25) is 5.91 Å². The van der Waals surface area contributed by atoms with Crippen molar-refractivity contribution < 1.29 is 23.5 Å². The zero-order valence-corrected chi connectivity index (χ0v) is 16.1. The number of amides is 1. The summed E-state index contributed by atoms with van der Waals surface area (Å²) in [5, 5.41) is 3.80. The minimum Gasteiger partial charge on any atom is -0.478 e. The molecular formula is C21H16ClNO6. The molecule has 0 spiro atoms. The molecule has 4 rings (SSSR count). The molecule has 7 nitrogen and oxygen atoms in total. The van der Waals surface area contributed by atoms with Crippen molar-refractivity contribution in [3.63, 3.8) is 0 Å². The Hall–Kier alpha value is -3.32. The van der Waals surface area contributed by atoms with Crippen molar-refractivity contribution in [2.24, 2.45) is 0 Å². The van der Waals surface area contributed by atoms with E-state index >= 15 is 0 Å². The van der Waals surface area contributed by atoms with Crippen molar-refractivity contribution in [2.45, 2.75) is 26.1 Å². The van der Waals surface area contributed by atoms with Crippen LogP contribution in [0.2, 0.25) is 5.02 Å². The standard InChI is InChI=1S/C21H16ClNO6/c1-11(24)23-15-3-4-16-13(8-20(25)29-18(16)9-15)10-27-21(26)19-7-12-6-14(22)2-5-17(12)28-19/h2-6,8-9,19H,7,10H2,1H3,(H,23,24)/t19-/m0/s1. The summed E-state index contributed by atoms with van der Waals surface area (Å²) in [7, 11) is 0. The second-order valence-electron chi connectivity index (χ2n) is 6.65. The van der Waals surface area contributed by atoms with E-state index in [1.54, 1.807) is 36.4 Å². The number of esters is 1. The molecule has 0 saturated heterocycles. The molecule has 29 heavy (non-hydrogen) atoms. The number of halogens is 1. The molecule has 2 aromatic carbocycles. The second-order valence-corrected chi connectivity index (χ2v) is 7.09. The molecule has 0 unspecified atom stereocenters. The molecule has 0 saturated carbocycles. The third-order valence-corrected chi connectivity index (χ3v) is 4.72. The summed E-state index contributed by atoms with van der Waals surface area (Å²) in [6.45, 7) is 1.27. The van der Waals surface area contributed by atoms with Crippen LogP contribution in [0.25, 0.3) is 11.0 Å². The van der Waals surface area contributed by atoms with Gasteiger partial charge in [-0.2, -0.15) is 0 Å². The number of ether oxygens (including phenoxy) is 2. The molecule has 148 valence electrons. The molecule has 0 aliphatic carbocycles. The highest BCUT2D eigenvalue weighted by molar-refractivity contribution is 6.30. The van der Waals surface area contributed by atoms with Gasteiger partial charge in [-0.3, -0.25) is 4.79 Å². The number of carbonyl (C=O) groups is 2. The Morgan fingerprint density at radius 2 is 2.03 bits per heavy atom. The number of fused-ring (bicyclic) bond motifs is 2. The van der Waals surface area contributed by atoms with Gasteiger partial charge in [-0.05, 0) is 35.9 Å². The SMILES string of the molecule is CC(=O)Nc1ccc2c(COC(=O)[C@@H]3Cc4cc(Cl)ccc4O3)cc(=O)oc2c1. The van der Waals surface area contributed by atoms with Gasteiger partial charge in [0.15, 0.2) is 6.10 Å². The van der Waals surface area contributed by atoms with Crippen molar-refractivity contribution >= 4 is 40.1 Å². The number of rotatable bonds is 4. The largest absolute Gasteiger partial charge is 0.478 e. The van der Waals surface area contributed by atoms with Crippen molar-refractivity contribution in [2.75, 3.05) is 5.32 Å². The van der Waals surface area contributed by atoms with Gasteiger partial charge in [0, 0.05) is 47.1 Å². The van der Waals surface area contributed by atoms with Gasteiger partial charge in [0.1, 0.15) is 17.9 Å². The Balaban J connectivity index is 1.50. The molecule has 1 aliphatic heterocycles. The van der Waals surface area contributed by atoms with Gasteiger partial charge in [0.05, 0.1) is 0 Å². The van der Waals surface area contributed by atoms with E-state index in [9.17, 15) is 14.4 Å². The molecular weight excluding hydrogens is 398 g/mol. The number of benzene rings is 2. The lowest BCUT2D eigenvalue weighted by Gasteiger charge is -2.12. The lowest BCUT2D eigenvalue weighted by atomic mass is 10.1. The van der Waals surface area contributed by atoms with Crippen LogP contribution < -0.4 is 15.7 Å². The molecule has 8 heteroatoms. The van der Waals surface area contributed by atoms with E-state index in [4.69, 9.17) is 25.5 Å². The summed E-state index contributed by atoms with van der Waals surface area (Å²) < 4.78 is 16.2. The molecule has 1 atom stereocenters. The lowest BCUT2D eigenvalue weighted by molar-refractivity contribution is -0.152. The van der Waals surface area contributed by atoms with E-state index in [2.05, 4.69) is 5.32 Å². The quantitative estimate of drug-likeness (QED) is 0.520. The Bertz CT molecular complexity index is 1190. The topological polar surface area (TPSA) is 94.8 Å². The number of carbonyl (C=O) groups excluding carboxylic acids is 2. The molecule has 0 radical (unpaired) electrons. The average Bonchev–Trinajstić information content (AvgIpc) is 3.08. The Morgan fingerprint density at radius 3 is 2.83 bits per heavy atom. The second kappa shape index (κ2) is 7.60. The molecule has 1 amide bonds. The molecule has 0 fully saturated rings. The first-order chi connectivity index (χ1) is 13.9. The fraction of sp³-hybridized carbons (Fsp3) is 0.190. The van der Waals surface area contributed by atoms with Crippen molar-refractivity contribution in [3.8, 4) is 5.75 Å². The van der Waals surface area contributed by atoms with E-state index in [1.165, 1.54) is 13.0 Å². The predicted octanol–water partition coefficient (Wildman–Crippen LogP) is 3.45. The zero-order valence-electron chi connectivity index (χ0n) is 15.4. The first kappa shape index (κ1) is 19.0. The van der Waals surface area contributed by atoms with Gasteiger partial charge in [-0.1, -0.05) is 11.6 Å². The highest BCUT2D eigenvalue weighted by atomic mass is 35.5. The molecule has 1 N–H and O–H groups in total. The predicted molar refractivity (Wildman–Crippen MR) is 106 cm³/mol. The maximum absolute atomic E-state index is 12.4. The number of hydrogen-bond donors (Lipinski definition) is 1. The third-order valence-electron chi connectivity index (χ3n) is 4.48. The minimum atomic E-state index is -0.763. The molecule has 1 aromatic heterocycles. The molecule has 2 heterocycles. The fourth-order valence-electron chi connectivity index (χ4n) is 3.22. The summed E-state index contributed by atoms with van der Waals surface area (Å²) in [6, 6.07) is 11.4. The van der Waals surface area contributed by atoms with Crippen LogP contribution >= 0.6 is 11.6 Å². The smallest absolute Gasteiger partial charge is 0.348 e. The highest BCUT2D eigenvalue weighted by Gasteiger charge is 2.30. The number of hydrogen-bond acceptors (Lipinski definition) is 6. The summed E-state index contributed by atoms with van der Waals surface area (Å²) in [6.07, 6.45) is -0.395. The monoisotopic (exact) mass is 413 g/mol. The van der Waals surface area contributed by atoms with E-state index in [0.29, 0.717) is 33.8 Å². The van der Waals surface area contributed by atoms with Crippen LogP contribution in [0.4, 0.5) is 5.69 Å². The van der Waals surface area contributed by atoms with Crippen molar-refractivity contribution in [3.05, 3.63) is 69.0 Å². The fourth-order valence-corrected chi connectivity index (χ4v) is 3.42.